The van der Waals surface area contributed by atoms with Crippen LogP contribution in [0.5, 0.6) is 0 Å². The Hall–Kier alpha value is -3.19. The second kappa shape index (κ2) is 8.46. The summed E-state index contributed by atoms with van der Waals surface area (Å²) in [6.07, 6.45) is 3.55. The number of rotatable bonds is 6. The highest BCUT2D eigenvalue weighted by Gasteiger charge is 2.08. The molecule has 3 aromatic rings. The first-order valence-electron chi connectivity index (χ1n) is 8.05. The zero-order valence-corrected chi connectivity index (χ0v) is 15.2. The van der Waals surface area contributed by atoms with E-state index in [2.05, 4.69) is 15.6 Å². The van der Waals surface area contributed by atoms with Crippen molar-refractivity contribution in [3.8, 4) is 5.69 Å². The van der Waals surface area contributed by atoms with Crippen LogP contribution in [0.4, 0.5) is 10.1 Å². The third-order valence-electron chi connectivity index (χ3n) is 3.66. The Morgan fingerprint density at radius 2 is 2.07 bits per heavy atom. The standard InChI is InChI=1S/C19H16ClFN4O2/c1-13(14-3-6-16(7-4-14)25-10-2-9-22-25)24-27-12-19(26)23-18-8-5-15(20)11-17(18)21/h2-11H,12H2,1H3,(H,23,26)/b24-13+. The Morgan fingerprint density at radius 1 is 1.30 bits per heavy atom. The Bertz CT molecular complexity index is 956. The van der Waals surface area contributed by atoms with Crippen LogP contribution in [-0.2, 0) is 9.63 Å². The molecule has 0 bridgehead atoms. The molecule has 0 aliphatic rings. The zero-order valence-electron chi connectivity index (χ0n) is 14.4. The van der Waals surface area contributed by atoms with Crippen molar-refractivity contribution in [1.82, 2.24) is 9.78 Å². The molecule has 1 N–H and O–H groups in total. The number of nitrogens with zero attached hydrogens (tertiary/aromatic N) is 3. The van der Waals surface area contributed by atoms with Crippen molar-refractivity contribution in [3.63, 3.8) is 0 Å². The Kier molecular flexibility index (Phi) is 5.83. The number of oxime groups is 1. The summed E-state index contributed by atoms with van der Waals surface area (Å²) in [5.41, 5.74) is 2.40. The Labute approximate surface area is 160 Å². The van der Waals surface area contributed by atoms with Crippen LogP contribution < -0.4 is 5.32 Å². The van der Waals surface area contributed by atoms with E-state index in [0.717, 1.165) is 17.3 Å². The predicted octanol–water partition coefficient (Wildman–Crippen LogP) is 4.04. The molecule has 0 fully saturated rings. The van der Waals surface area contributed by atoms with E-state index in [1.165, 1.54) is 12.1 Å². The average Bonchev–Trinajstić information content (AvgIpc) is 3.19. The SMILES string of the molecule is C/C(=N\OCC(=O)Nc1ccc(Cl)cc1F)c1ccc(-n2cccn2)cc1. The number of halogens is 2. The molecule has 6 nitrogen and oxygen atoms in total. The van der Waals surface area contributed by atoms with Crippen molar-refractivity contribution in [2.24, 2.45) is 5.16 Å². The maximum atomic E-state index is 13.6. The number of hydrogen-bond donors (Lipinski definition) is 1. The molecule has 0 atom stereocenters. The van der Waals surface area contributed by atoms with E-state index in [0.29, 0.717) is 5.71 Å². The summed E-state index contributed by atoms with van der Waals surface area (Å²) in [6.45, 7) is 1.42. The Morgan fingerprint density at radius 3 is 2.74 bits per heavy atom. The van der Waals surface area contributed by atoms with Gasteiger partial charge in [-0.1, -0.05) is 28.9 Å². The molecule has 0 radical (unpaired) electrons. The van der Waals surface area contributed by atoms with Crippen LogP contribution in [0.1, 0.15) is 12.5 Å². The number of carbonyl (C=O) groups excluding carboxylic acids is 1. The molecule has 0 spiro atoms. The van der Waals surface area contributed by atoms with Gasteiger partial charge in [0.05, 0.1) is 17.1 Å². The highest BCUT2D eigenvalue weighted by Crippen LogP contribution is 2.18. The van der Waals surface area contributed by atoms with E-state index in [4.69, 9.17) is 16.4 Å². The fraction of sp³-hybridized carbons (Fsp3) is 0.105. The quantitative estimate of drug-likeness (QED) is 0.513. The van der Waals surface area contributed by atoms with E-state index >= 15 is 0 Å². The van der Waals surface area contributed by atoms with Crippen LogP contribution in [0.2, 0.25) is 5.02 Å². The minimum absolute atomic E-state index is 0.0305. The summed E-state index contributed by atoms with van der Waals surface area (Å²) < 4.78 is 15.4. The van der Waals surface area contributed by atoms with Crippen molar-refractivity contribution >= 4 is 28.9 Å². The molecule has 0 aliphatic heterocycles. The van der Waals surface area contributed by atoms with Crippen molar-refractivity contribution in [1.29, 1.82) is 0 Å². The number of anilines is 1. The molecule has 0 aliphatic carbocycles. The number of carbonyl (C=O) groups is 1. The van der Waals surface area contributed by atoms with Gasteiger partial charge in [0.15, 0.2) is 6.61 Å². The van der Waals surface area contributed by atoms with Gasteiger partial charge >= 0.3 is 0 Å². The van der Waals surface area contributed by atoms with E-state index in [1.54, 1.807) is 17.8 Å². The second-order valence-electron chi connectivity index (χ2n) is 5.62. The molecule has 2 aromatic carbocycles. The van der Waals surface area contributed by atoms with E-state index in [-0.39, 0.29) is 17.3 Å². The average molecular weight is 387 g/mol. The van der Waals surface area contributed by atoms with Crippen LogP contribution in [0.25, 0.3) is 5.69 Å². The van der Waals surface area contributed by atoms with Crippen molar-refractivity contribution in [2.45, 2.75) is 6.92 Å². The number of hydrogen-bond acceptors (Lipinski definition) is 4. The topological polar surface area (TPSA) is 68.5 Å². The third-order valence-corrected chi connectivity index (χ3v) is 3.89. The van der Waals surface area contributed by atoms with Crippen molar-refractivity contribution in [3.05, 3.63) is 77.3 Å². The zero-order chi connectivity index (χ0) is 19.2. The smallest absolute Gasteiger partial charge is 0.265 e. The molecule has 3 rings (SSSR count). The molecule has 1 amide bonds. The van der Waals surface area contributed by atoms with Crippen LogP contribution in [0.3, 0.4) is 0 Å². The summed E-state index contributed by atoms with van der Waals surface area (Å²) >= 11 is 5.67. The van der Waals surface area contributed by atoms with Gasteiger partial charge in [-0.15, -0.1) is 0 Å². The largest absolute Gasteiger partial charge is 0.385 e. The number of aromatic nitrogens is 2. The highest BCUT2D eigenvalue weighted by atomic mass is 35.5. The van der Waals surface area contributed by atoms with E-state index in [9.17, 15) is 9.18 Å². The molecular formula is C19H16ClFN4O2. The fourth-order valence-corrected chi connectivity index (χ4v) is 2.45. The molecule has 0 unspecified atom stereocenters. The van der Waals surface area contributed by atoms with E-state index in [1.807, 2.05) is 36.5 Å². The number of amides is 1. The minimum atomic E-state index is -0.618. The van der Waals surface area contributed by atoms with Gasteiger partial charge < -0.3 is 10.2 Å². The van der Waals surface area contributed by atoms with Crippen molar-refractivity contribution in [2.75, 3.05) is 11.9 Å². The fourth-order valence-electron chi connectivity index (χ4n) is 2.29. The first-order chi connectivity index (χ1) is 13.0. The molecule has 8 heteroatoms. The molecule has 0 saturated heterocycles. The molecule has 0 saturated carbocycles. The summed E-state index contributed by atoms with van der Waals surface area (Å²) in [5.74, 6) is -1.14. The first kappa shape index (κ1) is 18.6. The van der Waals surface area contributed by atoms with Gasteiger partial charge in [0.2, 0.25) is 0 Å². The lowest BCUT2D eigenvalue weighted by molar-refractivity contribution is -0.120. The lowest BCUT2D eigenvalue weighted by atomic mass is 10.1. The van der Waals surface area contributed by atoms with E-state index < -0.39 is 11.7 Å². The Balaban J connectivity index is 1.55. The monoisotopic (exact) mass is 386 g/mol. The molecule has 1 heterocycles. The van der Waals surface area contributed by atoms with Crippen LogP contribution in [-0.4, -0.2) is 28.0 Å². The first-order valence-corrected chi connectivity index (χ1v) is 8.42. The number of benzene rings is 2. The van der Waals surface area contributed by atoms with Gasteiger partial charge in [-0.25, -0.2) is 9.07 Å². The summed E-state index contributed by atoms with van der Waals surface area (Å²) in [4.78, 5) is 16.9. The van der Waals surface area contributed by atoms with Gasteiger partial charge in [-0.2, -0.15) is 5.10 Å². The van der Waals surface area contributed by atoms with Crippen LogP contribution in [0.15, 0.2) is 66.1 Å². The van der Waals surface area contributed by atoms with Gasteiger partial charge in [0.1, 0.15) is 5.82 Å². The third kappa shape index (κ3) is 4.92. The summed E-state index contributed by atoms with van der Waals surface area (Å²) in [5, 5.41) is 10.7. The minimum Gasteiger partial charge on any atom is -0.385 e. The van der Waals surface area contributed by atoms with Gasteiger partial charge in [0, 0.05) is 17.4 Å². The maximum absolute atomic E-state index is 13.6. The van der Waals surface area contributed by atoms with Gasteiger partial charge in [-0.05, 0) is 48.9 Å². The second-order valence-corrected chi connectivity index (χ2v) is 6.06. The molecule has 1 aromatic heterocycles. The normalized spacial score (nSPS) is 11.3. The van der Waals surface area contributed by atoms with Crippen LogP contribution >= 0.6 is 11.6 Å². The maximum Gasteiger partial charge on any atom is 0.265 e. The van der Waals surface area contributed by atoms with Crippen molar-refractivity contribution < 1.29 is 14.0 Å². The highest BCUT2D eigenvalue weighted by molar-refractivity contribution is 6.30. The summed E-state index contributed by atoms with van der Waals surface area (Å²) in [6, 6.07) is 13.4. The summed E-state index contributed by atoms with van der Waals surface area (Å²) in [7, 11) is 0. The predicted molar refractivity (Wildman–Crippen MR) is 102 cm³/mol. The molecule has 27 heavy (non-hydrogen) atoms. The molecule has 138 valence electrons. The lowest BCUT2D eigenvalue weighted by Gasteiger charge is -2.07. The lowest BCUT2D eigenvalue weighted by Crippen LogP contribution is -2.18. The van der Waals surface area contributed by atoms with Crippen LogP contribution in [0, 0.1) is 5.82 Å². The van der Waals surface area contributed by atoms with Gasteiger partial charge in [-0.3, -0.25) is 4.79 Å². The number of nitrogens with one attached hydrogen (secondary N) is 1. The van der Waals surface area contributed by atoms with Gasteiger partial charge in [0.25, 0.3) is 5.91 Å². The molecular weight excluding hydrogens is 371 g/mol.